The Morgan fingerprint density at radius 1 is 1.17 bits per heavy atom. The van der Waals surface area contributed by atoms with Gasteiger partial charge in [0.05, 0.1) is 0 Å². The zero-order valence-corrected chi connectivity index (χ0v) is 13.8. The number of anilines is 1. The number of nitrogens with one attached hydrogen (secondary N) is 2. The monoisotopic (exact) mass is 348 g/mol. The van der Waals surface area contributed by atoms with Gasteiger partial charge in [0.15, 0.2) is 5.06 Å². The van der Waals surface area contributed by atoms with Crippen LogP contribution in [0.5, 0.6) is 5.75 Å². The van der Waals surface area contributed by atoms with E-state index in [-0.39, 0.29) is 11.7 Å². The average molecular weight is 349 g/mol. The number of amides is 1. The van der Waals surface area contributed by atoms with E-state index in [9.17, 15) is 9.18 Å². The van der Waals surface area contributed by atoms with Crippen molar-refractivity contribution in [2.24, 2.45) is 0 Å². The van der Waals surface area contributed by atoms with Crippen molar-refractivity contribution in [3.63, 3.8) is 0 Å². The fourth-order valence-corrected chi connectivity index (χ4v) is 2.83. The molecule has 126 valence electrons. The van der Waals surface area contributed by atoms with Crippen LogP contribution in [0.25, 0.3) is 0 Å². The second-order valence-corrected chi connectivity index (χ2v) is 6.41. The summed E-state index contributed by atoms with van der Waals surface area (Å²) in [4.78, 5) is 12.2. The number of halogens is 2. The molecule has 0 bridgehead atoms. The van der Waals surface area contributed by atoms with Gasteiger partial charge < -0.3 is 15.4 Å². The third-order valence-electron chi connectivity index (χ3n) is 3.85. The van der Waals surface area contributed by atoms with Crippen LogP contribution < -0.4 is 15.4 Å². The van der Waals surface area contributed by atoms with Crippen LogP contribution in [0.15, 0.2) is 48.5 Å². The molecule has 0 spiro atoms. The Balaban J connectivity index is 1.68. The van der Waals surface area contributed by atoms with Crippen LogP contribution in [0.1, 0.15) is 23.2 Å². The lowest BCUT2D eigenvalue weighted by Gasteiger charge is -2.32. The van der Waals surface area contributed by atoms with Crippen molar-refractivity contribution in [1.29, 1.82) is 0 Å². The predicted octanol–water partition coefficient (Wildman–Crippen LogP) is 3.78. The Morgan fingerprint density at radius 3 is 2.58 bits per heavy atom. The Kier molecular flexibility index (Phi) is 5.02. The van der Waals surface area contributed by atoms with E-state index in [1.807, 2.05) is 0 Å². The van der Waals surface area contributed by atoms with Crippen molar-refractivity contribution in [1.82, 2.24) is 5.32 Å². The van der Waals surface area contributed by atoms with Gasteiger partial charge in [0.25, 0.3) is 5.91 Å². The first-order valence-corrected chi connectivity index (χ1v) is 8.18. The van der Waals surface area contributed by atoms with Crippen LogP contribution in [-0.4, -0.2) is 24.1 Å². The summed E-state index contributed by atoms with van der Waals surface area (Å²) in [7, 11) is 0. The van der Waals surface area contributed by atoms with E-state index >= 15 is 0 Å². The molecular formula is C18H18ClFN2O2. The van der Waals surface area contributed by atoms with E-state index in [0.29, 0.717) is 29.8 Å². The van der Waals surface area contributed by atoms with E-state index in [2.05, 4.69) is 10.6 Å². The third kappa shape index (κ3) is 4.24. The maximum absolute atomic E-state index is 12.9. The highest BCUT2D eigenvalue weighted by Gasteiger charge is 2.31. The van der Waals surface area contributed by atoms with E-state index in [4.69, 9.17) is 16.3 Å². The first kappa shape index (κ1) is 16.7. The molecule has 4 nitrogen and oxygen atoms in total. The molecule has 2 aromatic rings. The third-order valence-corrected chi connectivity index (χ3v) is 4.30. The normalized spacial score (nSPS) is 16.4. The van der Waals surface area contributed by atoms with Gasteiger partial charge in [0, 0.05) is 43.2 Å². The van der Waals surface area contributed by atoms with Gasteiger partial charge in [-0.3, -0.25) is 4.79 Å². The van der Waals surface area contributed by atoms with Gasteiger partial charge in [0.2, 0.25) is 0 Å². The van der Waals surface area contributed by atoms with Gasteiger partial charge in [-0.05, 0) is 36.4 Å². The summed E-state index contributed by atoms with van der Waals surface area (Å²) in [6.45, 7) is 1.62. The summed E-state index contributed by atoms with van der Waals surface area (Å²) in [6, 6.07) is 12.5. The number of piperidine rings is 1. The van der Waals surface area contributed by atoms with Gasteiger partial charge >= 0.3 is 0 Å². The number of carbonyl (C=O) groups is 1. The van der Waals surface area contributed by atoms with Crippen LogP contribution in [0, 0.1) is 5.82 Å². The Hall–Kier alpha value is -2.11. The Bertz CT molecular complexity index is 715. The highest BCUT2D eigenvalue weighted by Crippen LogP contribution is 2.31. The number of alkyl halides is 1. The number of rotatable bonds is 4. The van der Waals surface area contributed by atoms with Crippen LogP contribution in [0.2, 0.25) is 0 Å². The molecule has 1 saturated heterocycles. The number of hydrogen-bond acceptors (Lipinski definition) is 3. The molecule has 0 saturated carbocycles. The molecule has 3 rings (SSSR count). The maximum atomic E-state index is 12.9. The molecule has 2 aromatic carbocycles. The van der Waals surface area contributed by atoms with Gasteiger partial charge in [0.1, 0.15) is 11.6 Å². The molecule has 1 heterocycles. The first-order chi connectivity index (χ1) is 11.5. The van der Waals surface area contributed by atoms with Crippen molar-refractivity contribution in [2.45, 2.75) is 17.9 Å². The van der Waals surface area contributed by atoms with E-state index < -0.39 is 5.06 Å². The molecule has 2 N–H and O–H groups in total. The smallest absolute Gasteiger partial charge is 0.255 e. The van der Waals surface area contributed by atoms with Crippen molar-refractivity contribution < 1.29 is 13.9 Å². The molecule has 0 aromatic heterocycles. The minimum atomic E-state index is -0.717. The Morgan fingerprint density at radius 2 is 1.88 bits per heavy atom. The lowest BCUT2D eigenvalue weighted by molar-refractivity contribution is 0.102. The summed E-state index contributed by atoms with van der Waals surface area (Å²) in [5, 5.41) is 5.29. The average Bonchev–Trinajstić information content (AvgIpc) is 2.56. The van der Waals surface area contributed by atoms with Crippen LogP contribution in [0.3, 0.4) is 0 Å². The van der Waals surface area contributed by atoms with Crippen LogP contribution in [-0.2, 0) is 0 Å². The predicted molar refractivity (Wildman–Crippen MR) is 92.1 cm³/mol. The fourth-order valence-electron chi connectivity index (χ4n) is 2.56. The second-order valence-electron chi connectivity index (χ2n) is 5.72. The van der Waals surface area contributed by atoms with Gasteiger partial charge in [-0.1, -0.05) is 17.7 Å². The van der Waals surface area contributed by atoms with Crippen molar-refractivity contribution in [2.75, 3.05) is 18.4 Å². The molecular weight excluding hydrogens is 331 g/mol. The minimum absolute atomic E-state index is 0.311. The van der Waals surface area contributed by atoms with Crippen LogP contribution in [0.4, 0.5) is 10.1 Å². The van der Waals surface area contributed by atoms with Crippen LogP contribution >= 0.6 is 11.6 Å². The zero-order valence-electron chi connectivity index (χ0n) is 13.0. The molecule has 0 unspecified atom stereocenters. The van der Waals surface area contributed by atoms with Crippen molar-refractivity contribution in [3.05, 3.63) is 59.9 Å². The largest absolute Gasteiger partial charge is 0.472 e. The molecule has 6 heteroatoms. The fraction of sp³-hybridized carbons (Fsp3) is 0.278. The number of hydrogen-bond donors (Lipinski definition) is 2. The van der Waals surface area contributed by atoms with Crippen molar-refractivity contribution in [3.8, 4) is 5.75 Å². The highest BCUT2D eigenvalue weighted by molar-refractivity contribution is 6.23. The second kappa shape index (κ2) is 7.20. The lowest BCUT2D eigenvalue weighted by Crippen LogP contribution is -2.41. The van der Waals surface area contributed by atoms with Gasteiger partial charge in [-0.2, -0.15) is 0 Å². The summed E-state index contributed by atoms with van der Waals surface area (Å²) in [6.07, 6.45) is 1.42. The van der Waals surface area contributed by atoms with Gasteiger partial charge in [-0.25, -0.2) is 4.39 Å². The maximum Gasteiger partial charge on any atom is 0.255 e. The van der Waals surface area contributed by atoms with E-state index in [1.165, 1.54) is 24.3 Å². The quantitative estimate of drug-likeness (QED) is 0.827. The molecule has 1 aliphatic rings. The molecule has 24 heavy (non-hydrogen) atoms. The number of ether oxygens (including phenoxy) is 1. The Labute approximate surface area is 145 Å². The summed E-state index contributed by atoms with van der Waals surface area (Å²) in [5.41, 5.74) is 0.978. The molecule has 1 aliphatic heterocycles. The summed E-state index contributed by atoms with van der Waals surface area (Å²) >= 11 is 6.49. The molecule has 1 amide bonds. The van der Waals surface area contributed by atoms with Gasteiger partial charge in [-0.15, -0.1) is 0 Å². The topological polar surface area (TPSA) is 50.4 Å². The minimum Gasteiger partial charge on any atom is -0.472 e. The standard InChI is InChI=1S/C18H18ClFN2O2/c19-18(8-10-21-11-9-18)24-16-3-1-2-15(12-16)22-17(23)13-4-6-14(20)7-5-13/h1-7,12,21H,8-11H2,(H,22,23). The summed E-state index contributed by atoms with van der Waals surface area (Å²) < 4.78 is 18.8. The lowest BCUT2D eigenvalue weighted by atomic mass is 10.1. The highest BCUT2D eigenvalue weighted by atomic mass is 35.5. The van der Waals surface area contributed by atoms with E-state index in [0.717, 1.165) is 13.1 Å². The molecule has 0 aliphatic carbocycles. The first-order valence-electron chi connectivity index (χ1n) is 7.80. The van der Waals surface area contributed by atoms with E-state index in [1.54, 1.807) is 24.3 Å². The number of benzene rings is 2. The SMILES string of the molecule is O=C(Nc1cccc(OC2(Cl)CCNCC2)c1)c1ccc(F)cc1. The zero-order chi connectivity index (χ0) is 17.0. The van der Waals surface area contributed by atoms with Crippen molar-refractivity contribution >= 4 is 23.2 Å². The molecule has 0 radical (unpaired) electrons. The number of carbonyl (C=O) groups excluding carboxylic acids is 1. The molecule has 0 atom stereocenters. The molecule has 1 fully saturated rings. The summed E-state index contributed by atoms with van der Waals surface area (Å²) in [5.74, 6) is -0.0882.